The van der Waals surface area contributed by atoms with Crippen molar-refractivity contribution in [3.63, 3.8) is 0 Å². The molecular formula is C11H13BrN2O. The first-order valence-electron chi connectivity index (χ1n) is 4.90. The van der Waals surface area contributed by atoms with Crippen LogP contribution in [0.4, 0.5) is 11.4 Å². The topological polar surface area (TPSA) is 32.3 Å². The van der Waals surface area contributed by atoms with Crippen molar-refractivity contribution >= 4 is 33.2 Å². The van der Waals surface area contributed by atoms with Gasteiger partial charge in [-0.2, -0.15) is 0 Å². The van der Waals surface area contributed by atoms with Gasteiger partial charge < -0.3 is 10.2 Å². The first-order chi connectivity index (χ1) is 7.09. The Hall–Kier alpha value is -1.03. The van der Waals surface area contributed by atoms with Crippen molar-refractivity contribution in [1.29, 1.82) is 0 Å². The Morgan fingerprint density at radius 3 is 2.93 bits per heavy atom. The quantitative estimate of drug-likeness (QED) is 0.785. The Balaban J connectivity index is 2.58. The molecule has 1 N–H and O–H groups in total. The van der Waals surface area contributed by atoms with Crippen LogP contribution >= 0.6 is 15.9 Å². The molecular weight excluding hydrogens is 256 g/mol. The molecule has 0 aromatic heterocycles. The molecule has 0 unspecified atom stereocenters. The summed E-state index contributed by atoms with van der Waals surface area (Å²) in [5, 5.41) is 3.28. The van der Waals surface area contributed by atoms with Crippen molar-refractivity contribution in [2.75, 3.05) is 23.8 Å². The second-order valence-electron chi connectivity index (χ2n) is 3.77. The first kappa shape index (κ1) is 10.5. The summed E-state index contributed by atoms with van der Waals surface area (Å²) in [6, 6.07) is 4.09. The molecule has 0 aliphatic carbocycles. The van der Waals surface area contributed by atoms with Crippen LogP contribution in [0, 0.1) is 6.92 Å². The van der Waals surface area contributed by atoms with Gasteiger partial charge in [0.1, 0.15) is 0 Å². The highest BCUT2D eigenvalue weighted by Gasteiger charge is 2.20. The molecule has 1 heterocycles. The van der Waals surface area contributed by atoms with Gasteiger partial charge in [0.2, 0.25) is 5.91 Å². The lowest BCUT2D eigenvalue weighted by Gasteiger charge is -2.19. The van der Waals surface area contributed by atoms with Crippen LogP contribution in [0.1, 0.15) is 12.0 Å². The van der Waals surface area contributed by atoms with Gasteiger partial charge in [-0.15, -0.1) is 0 Å². The van der Waals surface area contributed by atoms with Gasteiger partial charge >= 0.3 is 0 Å². The summed E-state index contributed by atoms with van der Waals surface area (Å²) >= 11 is 3.50. The number of halogens is 1. The van der Waals surface area contributed by atoms with Crippen molar-refractivity contribution in [2.45, 2.75) is 13.3 Å². The van der Waals surface area contributed by atoms with E-state index in [1.54, 1.807) is 4.90 Å². The molecule has 0 fully saturated rings. The van der Waals surface area contributed by atoms with Crippen LogP contribution in [-0.2, 0) is 4.79 Å². The number of aryl methyl sites for hydroxylation is 1. The molecule has 2 rings (SSSR count). The molecule has 1 aromatic carbocycles. The summed E-state index contributed by atoms with van der Waals surface area (Å²) in [6.45, 7) is 2.74. The predicted molar refractivity (Wildman–Crippen MR) is 65.4 cm³/mol. The molecule has 0 atom stereocenters. The number of nitrogens with zero attached hydrogens (tertiary/aromatic N) is 1. The highest BCUT2D eigenvalue weighted by Crippen LogP contribution is 2.36. The molecule has 1 aliphatic heterocycles. The number of amides is 1. The lowest BCUT2D eigenvalue weighted by Crippen LogP contribution is -2.25. The molecule has 0 saturated heterocycles. The van der Waals surface area contributed by atoms with Gasteiger partial charge in [-0.05, 0) is 40.5 Å². The van der Waals surface area contributed by atoms with Crippen molar-refractivity contribution in [1.82, 2.24) is 0 Å². The predicted octanol–water partition coefficient (Wildman–Crippen LogP) is 2.54. The lowest BCUT2D eigenvalue weighted by atomic mass is 10.2. The van der Waals surface area contributed by atoms with Crippen LogP contribution in [0.3, 0.4) is 0 Å². The van der Waals surface area contributed by atoms with Crippen LogP contribution in [0.2, 0.25) is 0 Å². The Morgan fingerprint density at radius 1 is 1.47 bits per heavy atom. The van der Waals surface area contributed by atoms with Crippen molar-refractivity contribution in [3.8, 4) is 0 Å². The smallest absolute Gasteiger partial charge is 0.228 e. The zero-order valence-electron chi connectivity index (χ0n) is 8.80. The highest BCUT2D eigenvalue weighted by atomic mass is 79.9. The van der Waals surface area contributed by atoms with Gasteiger partial charge in [0, 0.05) is 24.5 Å². The first-order valence-corrected chi connectivity index (χ1v) is 5.69. The Kier molecular flexibility index (Phi) is 2.69. The molecule has 0 saturated carbocycles. The van der Waals surface area contributed by atoms with Gasteiger partial charge in [0.15, 0.2) is 0 Å². The molecule has 0 radical (unpaired) electrons. The van der Waals surface area contributed by atoms with E-state index in [2.05, 4.69) is 27.3 Å². The van der Waals surface area contributed by atoms with E-state index in [-0.39, 0.29) is 5.91 Å². The fourth-order valence-corrected chi connectivity index (χ4v) is 2.65. The molecule has 15 heavy (non-hydrogen) atoms. The maximum absolute atomic E-state index is 11.7. The van der Waals surface area contributed by atoms with Gasteiger partial charge in [-0.3, -0.25) is 4.79 Å². The van der Waals surface area contributed by atoms with E-state index in [9.17, 15) is 4.79 Å². The fraction of sp³-hybridized carbons (Fsp3) is 0.364. The Bertz CT molecular complexity index is 417. The molecule has 4 heteroatoms. The maximum atomic E-state index is 11.7. The second kappa shape index (κ2) is 3.85. The average molecular weight is 269 g/mol. The van der Waals surface area contributed by atoms with E-state index >= 15 is 0 Å². The highest BCUT2D eigenvalue weighted by molar-refractivity contribution is 9.10. The molecule has 1 aromatic rings. The number of nitrogens with one attached hydrogen (secondary N) is 1. The van der Waals surface area contributed by atoms with Crippen LogP contribution in [-0.4, -0.2) is 19.5 Å². The SMILES string of the molecule is Cc1cc(Br)c2c(c1)NCCC(=O)N2C. The summed E-state index contributed by atoms with van der Waals surface area (Å²) in [6.07, 6.45) is 0.538. The largest absolute Gasteiger partial charge is 0.383 e. The number of anilines is 2. The number of rotatable bonds is 0. The molecule has 1 amide bonds. The summed E-state index contributed by atoms with van der Waals surface area (Å²) < 4.78 is 0.961. The lowest BCUT2D eigenvalue weighted by molar-refractivity contribution is -0.118. The van der Waals surface area contributed by atoms with Crippen molar-refractivity contribution in [3.05, 3.63) is 22.2 Å². The standard InChI is InChI=1S/C11H13BrN2O/c1-7-5-8(12)11-9(6-7)13-4-3-10(15)14(11)2/h5-6,13H,3-4H2,1-2H3. The summed E-state index contributed by atoms with van der Waals surface area (Å²) in [5.74, 6) is 0.144. The molecule has 1 aliphatic rings. The van der Waals surface area contributed by atoms with Crippen LogP contribution in [0.15, 0.2) is 16.6 Å². The number of hydrogen-bond donors (Lipinski definition) is 1. The maximum Gasteiger partial charge on any atom is 0.228 e. The molecule has 0 spiro atoms. The zero-order valence-corrected chi connectivity index (χ0v) is 10.4. The second-order valence-corrected chi connectivity index (χ2v) is 4.63. The minimum absolute atomic E-state index is 0.144. The normalized spacial score (nSPS) is 15.7. The number of carbonyl (C=O) groups excluding carboxylic acids is 1. The van der Waals surface area contributed by atoms with Crippen LogP contribution in [0.5, 0.6) is 0 Å². The molecule has 0 bridgehead atoms. The van der Waals surface area contributed by atoms with E-state index in [0.717, 1.165) is 15.8 Å². The Morgan fingerprint density at radius 2 is 2.20 bits per heavy atom. The van der Waals surface area contributed by atoms with Crippen LogP contribution < -0.4 is 10.2 Å². The van der Waals surface area contributed by atoms with E-state index in [0.29, 0.717) is 13.0 Å². The van der Waals surface area contributed by atoms with Crippen molar-refractivity contribution < 1.29 is 4.79 Å². The molecule has 80 valence electrons. The van der Waals surface area contributed by atoms with E-state index in [4.69, 9.17) is 0 Å². The monoisotopic (exact) mass is 268 g/mol. The van der Waals surface area contributed by atoms with E-state index < -0.39 is 0 Å². The number of benzene rings is 1. The van der Waals surface area contributed by atoms with E-state index in [1.165, 1.54) is 5.56 Å². The number of hydrogen-bond acceptors (Lipinski definition) is 2. The number of fused-ring (bicyclic) bond motifs is 1. The van der Waals surface area contributed by atoms with Crippen molar-refractivity contribution in [2.24, 2.45) is 0 Å². The third-order valence-electron chi connectivity index (χ3n) is 2.57. The molecule has 3 nitrogen and oxygen atoms in total. The zero-order chi connectivity index (χ0) is 11.0. The van der Waals surface area contributed by atoms with Gasteiger partial charge in [0.25, 0.3) is 0 Å². The van der Waals surface area contributed by atoms with Gasteiger partial charge in [0.05, 0.1) is 11.4 Å². The summed E-state index contributed by atoms with van der Waals surface area (Å²) in [4.78, 5) is 13.4. The third-order valence-corrected chi connectivity index (χ3v) is 3.18. The fourth-order valence-electron chi connectivity index (χ4n) is 1.81. The average Bonchev–Trinajstić information content (AvgIpc) is 2.27. The number of carbonyl (C=O) groups is 1. The van der Waals surface area contributed by atoms with Crippen LogP contribution in [0.25, 0.3) is 0 Å². The van der Waals surface area contributed by atoms with Gasteiger partial charge in [-0.25, -0.2) is 0 Å². The Labute approximate surface area is 97.6 Å². The summed E-state index contributed by atoms with van der Waals surface area (Å²) in [7, 11) is 1.81. The minimum atomic E-state index is 0.144. The summed E-state index contributed by atoms with van der Waals surface area (Å²) in [5.41, 5.74) is 3.13. The van der Waals surface area contributed by atoms with Gasteiger partial charge in [-0.1, -0.05) is 0 Å². The minimum Gasteiger partial charge on any atom is -0.383 e. The van der Waals surface area contributed by atoms with E-state index in [1.807, 2.05) is 20.0 Å². The third kappa shape index (κ3) is 1.86.